The van der Waals surface area contributed by atoms with Crippen LogP contribution in [0.25, 0.3) is 5.78 Å². The third-order valence-corrected chi connectivity index (χ3v) is 2.93. The lowest BCUT2D eigenvalue weighted by molar-refractivity contribution is -0.141. The van der Waals surface area contributed by atoms with Crippen molar-refractivity contribution >= 4 is 11.6 Å². The standard InChI is InChI=1S/C12H10F3N7/c1-21(6-8-5-16-2-3-17-8)10-4-9(12(13,14)15)20-11-18-7-19-22(10)11/h2-5,7H,6H2,1H3. The lowest BCUT2D eigenvalue weighted by Gasteiger charge is -2.20. The van der Waals surface area contributed by atoms with Gasteiger partial charge < -0.3 is 4.90 Å². The second-order valence-electron chi connectivity index (χ2n) is 4.52. The molecular weight excluding hydrogens is 299 g/mol. The van der Waals surface area contributed by atoms with E-state index in [1.807, 2.05) is 0 Å². The lowest BCUT2D eigenvalue weighted by atomic mass is 10.3. The Balaban J connectivity index is 2.03. The van der Waals surface area contributed by atoms with E-state index < -0.39 is 11.9 Å². The minimum atomic E-state index is -4.56. The van der Waals surface area contributed by atoms with Crippen LogP contribution in [0.4, 0.5) is 19.0 Å². The van der Waals surface area contributed by atoms with E-state index in [0.29, 0.717) is 5.69 Å². The minimum absolute atomic E-state index is 0.115. The van der Waals surface area contributed by atoms with Gasteiger partial charge in [-0.25, -0.2) is 4.98 Å². The molecule has 10 heteroatoms. The molecular formula is C12H10F3N7. The van der Waals surface area contributed by atoms with Crippen LogP contribution in [0.3, 0.4) is 0 Å². The van der Waals surface area contributed by atoms with Crippen molar-refractivity contribution in [2.75, 3.05) is 11.9 Å². The van der Waals surface area contributed by atoms with Gasteiger partial charge in [0.05, 0.1) is 18.4 Å². The number of fused-ring (bicyclic) bond motifs is 1. The highest BCUT2D eigenvalue weighted by Gasteiger charge is 2.34. The number of aromatic nitrogens is 6. The van der Waals surface area contributed by atoms with Crippen LogP contribution in [-0.2, 0) is 12.7 Å². The third kappa shape index (κ3) is 2.67. The summed E-state index contributed by atoms with van der Waals surface area (Å²) < 4.78 is 40.0. The van der Waals surface area contributed by atoms with Crippen molar-refractivity contribution in [3.8, 4) is 0 Å². The maximum absolute atomic E-state index is 12.9. The van der Waals surface area contributed by atoms with Gasteiger partial charge in [-0.15, -0.1) is 0 Å². The predicted molar refractivity (Wildman–Crippen MR) is 69.9 cm³/mol. The van der Waals surface area contributed by atoms with Crippen molar-refractivity contribution in [1.82, 2.24) is 29.5 Å². The zero-order valence-electron chi connectivity index (χ0n) is 11.4. The summed E-state index contributed by atoms with van der Waals surface area (Å²) in [6, 6.07) is 0.929. The molecule has 3 aromatic heterocycles. The molecule has 0 aliphatic rings. The fourth-order valence-electron chi connectivity index (χ4n) is 1.95. The van der Waals surface area contributed by atoms with Gasteiger partial charge in [-0.3, -0.25) is 9.97 Å². The van der Waals surface area contributed by atoms with Crippen LogP contribution in [0.2, 0.25) is 0 Å². The molecule has 0 unspecified atom stereocenters. The van der Waals surface area contributed by atoms with Crippen LogP contribution in [-0.4, -0.2) is 36.6 Å². The molecule has 0 amide bonds. The molecule has 0 saturated heterocycles. The molecule has 0 bridgehead atoms. The molecule has 0 aromatic carbocycles. The SMILES string of the molecule is CN(Cc1cnccn1)c1cc(C(F)(F)F)nc2ncnn12. The molecule has 0 spiro atoms. The van der Waals surface area contributed by atoms with Crippen LogP contribution in [0.5, 0.6) is 0 Å². The molecule has 22 heavy (non-hydrogen) atoms. The highest BCUT2D eigenvalue weighted by molar-refractivity contribution is 5.47. The number of anilines is 1. The van der Waals surface area contributed by atoms with Crippen LogP contribution >= 0.6 is 0 Å². The quantitative estimate of drug-likeness (QED) is 0.731. The van der Waals surface area contributed by atoms with Crippen molar-refractivity contribution in [3.05, 3.63) is 42.4 Å². The van der Waals surface area contributed by atoms with Gasteiger partial charge in [-0.2, -0.15) is 27.8 Å². The summed E-state index contributed by atoms with van der Waals surface area (Å²) in [5.41, 5.74) is -0.405. The van der Waals surface area contributed by atoms with E-state index >= 15 is 0 Å². The molecule has 3 aromatic rings. The molecule has 0 saturated carbocycles. The van der Waals surface area contributed by atoms with Crippen LogP contribution in [0, 0.1) is 0 Å². The fraction of sp³-hybridized carbons (Fsp3) is 0.250. The largest absolute Gasteiger partial charge is 0.433 e. The summed E-state index contributed by atoms with van der Waals surface area (Å²) in [6.07, 6.45) is 1.17. The maximum Gasteiger partial charge on any atom is 0.433 e. The van der Waals surface area contributed by atoms with Gasteiger partial charge in [-0.1, -0.05) is 0 Å². The number of hydrogen-bond donors (Lipinski definition) is 0. The van der Waals surface area contributed by atoms with E-state index in [1.165, 1.54) is 16.9 Å². The summed E-state index contributed by atoms with van der Waals surface area (Å²) in [4.78, 5) is 16.8. The monoisotopic (exact) mass is 309 g/mol. The Morgan fingerprint density at radius 2 is 2.05 bits per heavy atom. The first-order valence-corrected chi connectivity index (χ1v) is 6.19. The number of hydrogen-bond acceptors (Lipinski definition) is 6. The summed E-state index contributed by atoms with van der Waals surface area (Å²) >= 11 is 0. The molecule has 0 aliphatic carbocycles. The van der Waals surface area contributed by atoms with Crippen molar-refractivity contribution in [2.45, 2.75) is 12.7 Å². The Hall–Kier alpha value is -2.78. The van der Waals surface area contributed by atoms with Gasteiger partial charge in [0.25, 0.3) is 5.78 Å². The summed E-state index contributed by atoms with van der Waals surface area (Å²) in [5, 5.41) is 3.90. The Bertz CT molecular complexity index is 784. The summed E-state index contributed by atoms with van der Waals surface area (Å²) in [5.74, 6) is 0.0938. The number of nitrogens with zero attached hydrogens (tertiary/aromatic N) is 7. The Morgan fingerprint density at radius 1 is 1.23 bits per heavy atom. The molecule has 0 atom stereocenters. The van der Waals surface area contributed by atoms with E-state index in [9.17, 15) is 13.2 Å². The van der Waals surface area contributed by atoms with Gasteiger partial charge in [0.2, 0.25) is 0 Å². The second-order valence-corrected chi connectivity index (χ2v) is 4.52. The number of alkyl halides is 3. The molecule has 0 N–H and O–H groups in total. The summed E-state index contributed by atoms with van der Waals surface area (Å²) in [6.45, 7) is 0.268. The van der Waals surface area contributed by atoms with Gasteiger partial charge in [0.15, 0.2) is 5.69 Å². The van der Waals surface area contributed by atoms with Crippen molar-refractivity contribution in [2.24, 2.45) is 0 Å². The zero-order chi connectivity index (χ0) is 15.7. The smallest absolute Gasteiger partial charge is 0.353 e. The normalized spacial score (nSPS) is 11.8. The van der Waals surface area contributed by atoms with Gasteiger partial charge in [0.1, 0.15) is 12.1 Å². The first kappa shape index (κ1) is 14.2. The average Bonchev–Trinajstić information content (AvgIpc) is 2.94. The Kier molecular flexibility index (Phi) is 3.35. The molecule has 3 rings (SSSR count). The first-order chi connectivity index (χ1) is 10.4. The highest BCUT2D eigenvalue weighted by Crippen LogP contribution is 2.30. The average molecular weight is 309 g/mol. The van der Waals surface area contributed by atoms with E-state index in [1.54, 1.807) is 18.1 Å². The first-order valence-electron chi connectivity index (χ1n) is 6.19. The second kappa shape index (κ2) is 5.20. The lowest BCUT2D eigenvalue weighted by Crippen LogP contribution is -2.22. The molecule has 3 heterocycles. The fourth-order valence-corrected chi connectivity index (χ4v) is 1.95. The Morgan fingerprint density at radius 3 is 2.73 bits per heavy atom. The maximum atomic E-state index is 12.9. The Labute approximate surface area is 122 Å². The van der Waals surface area contributed by atoms with Crippen LogP contribution in [0.15, 0.2) is 31.0 Å². The van der Waals surface area contributed by atoms with Gasteiger partial charge in [-0.05, 0) is 0 Å². The van der Waals surface area contributed by atoms with Gasteiger partial charge >= 0.3 is 6.18 Å². The highest BCUT2D eigenvalue weighted by atomic mass is 19.4. The molecule has 0 radical (unpaired) electrons. The van der Waals surface area contributed by atoms with Gasteiger partial charge in [0, 0.05) is 25.5 Å². The van der Waals surface area contributed by atoms with E-state index in [2.05, 4.69) is 25.0 Å². The molecule has 0 fully saturated rings. The molecule has 114 valence electrons. The van der Waals surface area contributed by atoms with E-state index in [-0.39, 0.29) is 18.1 Å². The van der Waals surface area contributed by atoms with E-state index in [4.69, 9.17) is 0 Å². The predicted octanol–water partition coefficient (Wildman–Crippen LogP) is 1.57. The van der Waals surface area contributed by atoms with Crippen molar-refractivity contribution in [3.63, 3.8) is 0 Å². The zero-order valence-corrected chi connectivity index (χ0v) is 11.4. The number of halogens is 3. The third-order valence-electron chi connectivity index (χ3n) is 2.93. The topological polar surface area (TPSA) is 72.1 Å². The van der Waals surface area contributed by atoms with Crippen LogP contribution < -0.4 is 4.90 Å². The molecule has 0 aliphatic heterocycles. The van der Waals surface area contributed by atoms with Crippen molar-refractivity contribution in [1.29, 1.82) is 0 Å². The molecule has 7 nitrogen and oxygen atoms in total. The minimum Gasteiger partial charge on any atom is -0.353 e. The van der Waals surface area contributed by atoms with Crippen molar-refractivity contribution < 1.29 is 13.2 Å². The summed E-state index contributed by atoms with van der Waals surface area (Å²) in [7, 11) is 1.63. The number of rotatable bonds is 3. The van der Waals surface area contributed by atoms with E-state index in [0.717, 1.165) is 12.4 Å². The van der Waals surface area contributed by atoms with Crippen LogP contribution in [0.1, 0.15) is 11.4 Å².